The summed E-state index contributed by atoms with van der Waals surface area (Å²) >= 11 is 0. The Morgan fingerprint density at radius 3 is 2.61 bits per heavy atom. The number of rotatable bonds is 3. The number of imidazole rings is 1. The van der Waals surface area contributed by atoms with Gasteiger partial charge in [-0.15, -0.1) is 5.10 Å². The maximum absolute atomic E-state index is 9.88. The van der Waals surface area contributed by atoms with Gasteiger partial charge in [0.05, 0.1) is 16.7 Å². The Labute approximate surface area is 161 Å². The van der Waals surface area contributed by atoms with Gasteiger partial charge in [0.2, 0.25) is 0 Å². The fourth-order valence-corrected chi connectivity index (χ4v) is 3.39. The fraction of sp³-hybridized carbons (Fsp3) is 0.0455. The van der Waals surface area contributed by atoms with Crippen LogP contribution in [0, 0.1) is 6.92 Å². The Morgan fingerprint density at radius 1 is 0.893 bits per heavy atom. The Hall–Kier alpha value is -3.93. The molecule has 136 valence electrons. The van der Waals surface area contributed by atoms with Gasteiger partial charge < -0.3 is 10.4 Å². The van der Waals surface area contributed by atoms with E-state index in [0.717, 1.165) is 38.9 Å². The maximum Gasteiger partial charge on any atom is 0.161 e. The van der Waals surface area contributed by atoms with Gasteiger partial charge in [0, 0.05) is 22.1 Å². The zero-order chi connectivity index (χ0) is 19.1. The number of aromatic nitrogens is 4. The van der Waals surface area contributed by atoms with E-state index in [4.69, 9.17) is 0 Å². The monoisotopic (exact) mass is 367 g/mol. The topological polar surface area (TPSA) is 75.9 Å². The highest BCUT2D eigenvalue weighted by Crippen LogP contribution is 2.29. The number of aromatic hydroxyl groups is 1. The van der Waals surface area contributed by atoms with E-state index < -0.39 is 0 Å². The van der Waals surface area contributed by atoms with Gasteiger partial charge in [-0.25, -0.2) is 4.98 Å². The third kappa shape index (κ3) is 2.72. The molecule has 0 unspecified atom stereocenters. The predicted molar refractivity (Wildman–Crippen MR) is 110 cm³/mol. The summed E-state index contributed by atoms with van der Waals surface area (Å²) in [7, 11) is 0. The highest BCUT2D eigenvalue weighted by Gasteiger charge is 2.10. The number of phenols is 1. The number of fused-ring (bicyclic) bond motifs is 2. The number of para-hydroxylation sites is 1. The number of hydrogen-bond donors (Lipinski definition) is 2. The summed E-state index contributed by atoms with van der Waals surface area (Å²) in [6.45, 7) is 1.90. The number of nitrogens with zero attached hydrogens (tertiary/aromatic N) is 4. The molecule has 6 nitrogen and oxygen atoms in total. The van der Waals surface area contributed by atoms with Crippen molar-refractivity contribution in [1.29, 1.82) is 0 Å². The summed E-state index contributed by atoms with van der Waals surface area (Å²) in [5.41, 5.74) is 4.64. The van der Waals surface area contributed by atoms with Gasteiger partial charge in [-0.05, 0) is 55.5 Å². The van der Waals surface area contributed by atoms with Crippen LogP contribution in [-0.4, -0.2) is 24.9 Å². The van der Waals surface area contributed by atoms with Gasteiger partial charge in [-0.3, -0.25) is 4.57 Å². The fourth-order valence-electron chi connectivity index (χ4n) is 3.39. The van der Waals surface area contributed by atoms with Crippen molar-refractivity contribution in [3.8, 4) is 11.4 Å². The molecule has 0 radical (unpaired) electrons. The minimum absolute atomic E-state index is 0.194. The van der Waals surface area contributed by atoms with E-state index in [2.05, 4.69) is 25.1 Å². The minimum Gasteiger partial charge on any atom is -0.508 e. The van der Waals surface area contributed by atoms with Crippen LogP contribution in [0.5, 0.6) is 5.75 Å². The second-order valence-electron chi connectivity index (χ2n) is 6.64. The van der Waals surface area contributed by atoms with Crippen LogP contribution in [0.2, 0.25) is 0 Å². The molecule has 0 aliphatic carbocycles. The van der Waals surface area contributed by atoms with Crippen LogP contribution in [0.3, 0.4) is 0 Å². The Balaban J connectivity index is 1.56. The third-order valence-electron chi connectivity index (χ3n) is 4.79. The molecule has 6 heteroatoms. The van der Waals surface area contributed by atoms with Crippen LogP contribution < -0.4 is 5.32 Å². The summed E-state index contributed by atoms with van der Waals surface area (Å²) in [6.07, 6.45) is 1.82. The van der Waals surface area contributed by atoms with Gasteiger partial charge in [0.1, 0.15) is 12.1 Å². The molecule has 0 bridgehead atoms. The lowest BCUT2D eigenvalue weighted by atomic mass is 10.1. The molecule has 0 saturated heterocycles. The van der Waals surface area contributed by atoms with Crippen LogP contribution in [0.25, 0.3) is 27.5 Å². The van der Waals surface area contributed by atoms with Crippen molar-refractivity contribution in [2.75, 3.05) is 5.32 Å². The summed E-state index contributed by atoms with van der Waals surface area (Å²) in [5.74, 6) is 0.790. The maximum atomic E-state index is 9.88. The van der Waals surface area contributed by atoms with E-state index >= 15 is 0 Å². The molecule has 0 amide bonds. The molecule has 0 saturated carbocycles. The molecule has 0 aliphatic rings. The van der Waals surface area contributed by atoms with Gasteiger partial charge >= 0.3 is 0 Å². The molecular formula is C22H17N5O. The van der Waals surface area contributed by atoms with Crippen molar-refractivity contribution in [1.82, 2.24) is 19.7 Å². The van der Waals surface area contributed by atoms with Crippen molar-refractivity contribution in [2.45, 2.75) is 6.92 Å². The van der Waals surface area contributed by atoms with Crippen molar-refractivity contribution >= 4 is 33.3 Å². The largest absolute Gasteiger partial charge is 0.508 e. The summed E-state index contributed by atoms with van der Waals surface area (Å²) in [6, 6.07) is 21.3. The standard InChI is InChI=1S/C22H17N5O/c1-14-18-9-8-17(28)12-19(18)22(26-25-14)24-15-7-10-21-20(11-15)23-13-27(21)16-5-3-2-4-6-16/h2-13,28H,1H3,(H,24,26). The molecule has 2 heterocycles. The zero-order valence-electron chi connectivity index (χ0n) is 15.2. The molecule has 3 aromatic carbocycles. The Bertz CT molecular complexity index is 1310. The second-order valence-corrected chi connectivity index (χ2v) is 6.64. The van der Waals surface area contributed by atoms with E-state index in [9.17, 15) is 5.11 Å². The van der Waals surface area contributed by atoms with Gasteiger partial charge in [-0.2, -0.15) is 5.10 Å². The van der Waals surface area contributed by atoms with Crippen LogP contribution in [-0.2, 0) is 0 Å². The number of aryl methyl sites for hydroxylation is 1. The van der Waals surface area contributed by atoms with E-state index in [0.29, 0.717) is 5.82 Å². The molecule has 0 spiro atoms. The van der Waals surface area contributed by atoms with Crippen LogP contribution in [0.15, 0.2) is 73.1 Å². The SMILES string of the molecule is Cc1nnc(Nc2ccc3c(c2)ncn3-c2ccccc2)c2cc(O)ccc12. The molecule has 0 aliphatic heterocycles. The average Bonchev–Trinajstić information content (AvgIpc) is 3.14. The number of phenolic OH excluding ortho intramolecular Hbond substituents is 1. The van der Waals surface area contributed by atoms with Crippen molar-refractivity contribution in [3.05, 3.63) is 78.8 Å². The first-order valence-corrected chi connectivity index (χ1v) is 8.94. The average molecular weight is 367 g/mol. The van der Waals surface area contributed by atoms with Crippen LogP contribution >= 0.6 is 0 Å². The normalized spacial score (nSPS) is 11.2. The molecule has 0 fully saturated rings. The summed E-state index contributed by atoms with van der Waals surface area (Å²) in [4.78, 5) is 4.53. The lowest BCUT2D eigenvalue weighted by Gasteiger charge is -2.10. The number of hydrogen-bond acceptors (Lipinski definition) is 5. The highest BCUT2D eigenvalue weighted by molar-refractivity contribution is 5.95. The summed E-state index contributed by atoms with van der Waals surface area (Å²) in [5, 5.41) is 23.5. The first-order valence-electron chi connectivity index (χ1n) is 8.94. The third-order valence-corrected chi connectivity index (χ3v) is 4.79. The summed E-state index contributed by atoms with van der Waals surface area (Å²) < 4.78 is 2.05. The molecule has 0 atom stereocenters. The highest BCUT2D eigenvalue weighted by atomic mass is 16.3. The quantitative estimate of drug-likeness (QED) is 0.482. The molecule has 5 rings (SSSR count). The number of nitrogens with one attached hydrogen (secondary N) is 1. The zero-order valence-corrected chi connectivity index (χ0v) is 15.2. The second kappa shape index (κ2) is 6.35. The molecule has 2 N–H and O–H groups in total. The lowest BCUT2D eigenvalue weighted by molar-refractivity contribution is 0.476. The Kier molecular flexibility index (Phi) is 3.69. The first-order chi connectivity index (χ1) is 13.7. The van der Waals surface area contributed by atoms with Gasteiger partial charge in [0.15, 0.2) is 5.82 Å². The molecule has 5 aromatic rings. The van der Waals surface area contributed by atoms with E-state index in [1.54, 1.807) is 12.1 Å². The molecule has 2 aromatic heterocycles. The predicted octanol–water partition coefficient (Wildman–Crippen LogP) is 4.73. The smallest absolute Gasteiger partial charge is 0.161 e. The molecular weight excluding hydrogens is 350 g/mol. The van der Waals surface area contributed by atoms with Crippen molar-refractivity contribution in [2.24, 2.45) is 0 Å². The van der Waals surface area contributed by atoms with Gasteiger partial charge in [-0.1, -0.05) is 18.2 Å². The van der Waals surface area contributed by atoms with Crippen LogP contribution in [0.4, 0.5) is 11.5 Å². The Morgan fingerprint density at radius 2 is 1.75 bits per heavy atom. The van der Waals surface area contributed by atoms with Crippen LogP contribution in [0.1, 0.15) is 5.69 Å². The van der Waals surface area contributed by atoms with Gasteiger partial charge in [0.25, 0.3) is 0 Å². The van der Waals surface area contributed by atoms with Crippen molar-refractivity contribution in [3.63, 3.8) is 0 Å². The first kappa shape index (κ1) is 16.3. The lowest BCUT2D eigenvalue weighted by Crippen LogP contribution is -1.99. The number of benzene rings is 3. The number of anilines is 2. The van der Waals surface area contributed by atoms with E-state index in [1.807, 2.05) is 67.8 Å². The van der Waals surface area contributed by atoms with Crippen molar-refractivity contribution < 1.29 is 5.11 Å². The molecule has 28 heavy (non-hydrogen) atoms. The van der Waals surface area contributed by atoms with E-state index in [-0.39, 0.29) is 5.75 Å². The minimum atomic E-state index is 0.194. The van der Waals surface area contributed by atoms with E-state index in [1.165, 1.54) is 0 Å².